The molecule has 0 unspecified atom stereocenters. The highest BCUT2D eigenvalue weighted by Gasteiger charge is 2.07. The zero-order valence-electron chi connectivity index (χ0n) is 17.0. The molecule has 0 fully saturated rings. The van der Waals surface area contributed by atoms with E-state index in [0.717, 1.165) is 5.56 Å². The predicted molar refractivity (Wildman–Crippen MR) is 111 cm³/mol. The van der Waals surface area contributed by atoms with E-state index in [4.69, 9.17) is 33.9 Å². The Labute approximate surface area is 176 Å². The van der Waals surface area contributed by atoms with Gasteiger partial charge in [-0.1, -0.05) is 0 Å². The zero-order valence-corrected chi connectivity index (χ0v) is 17.0. The molecule has 0 saturated heterocycles. The van der Waals surface area contributed by atoms with Crippen LogP contribution in [0.25, 0.3) is 0 Å². The molecule has 0 heterocycles. The van der Waals surface area contributed by atoms with Crippen molar-refractivity contribution in [1.29, 1.82) is 0 Å². The van der Waals surface area contributed by atoms with Crippen LogP contribution in [-0.2, 0) is 15.9 Å². The van der Waals surface area contributed by atoms with E-state index < -0.39 is 0 Å². The lowest BCUT2D eigenvalue weighted by Crippen LogP contribution is -2.10. The molecule has 166 valence electrons. The first kappa shape index (κ1) is 23.9. The van der Waals surface area contributed by atoms with Crippen molar-refractivity contribution in [2.24, 2.45) is 0 Å². The molecule has 2 rings (SSSR count). The average Bonchev–Trinajstić information content (AvgIpc) is 2.76. The highest BCUT2D eigenvalue weighted by Crippen LogP contribution is 2.29. The smallest absolute Gasteiger partial charge is 0.127 e. The number of hydrogen-bond acceptors (Lipinski definition) is 8. The van der Waals surface area contributed by atoms with Gasteiger partial charge in [0, 0.05) is 12.2 Å². The van der Waals surface area contributed by atoms with Crippen LogP contribution in [0.4, 0.5) is 0 Å². The third kappa shape index (κ3) is 8.98. The second kappa shape index (κ2) is 14.6. The van der Waals surface area contributed by atoms with Crippen molar-refractivity contribution in [3.63, 3.8) is 0 Å². The minimum absolute atomic E-state index is 0.00178. The monoisotopic (exact) mass is 422 g/mol. The van der Waals surface area contributed by atoms with E-state index in [1.54, 1.807) is 36.4 Å². The summed E-state index contributed by atoms with van der Waals surface area (Å²) in [7, 11) is 0. The Morgan fingerprint density at radius 1 is 0.567 bits per heavy atom. The van der Waals surface area contributed by atoms with Gasteiger partial charge in [0.15, 0.2) is 0 Å². The first-order valence-electron chi connectivity index (χ1n) is 9.91. The maximum Gasteiger partial charge on any atom is 0.127 e. The highest BCUT2D eigenvalue weighted by molar-refractivity contribution is 5.43. The second-order valence-corrected chi connectivity index (χ2v) is 6.19. The Morgan fingerprint density at radius 2 is 1.17 bits per heavy atom. The lowest BCUT2D eigenvalue weighted by Gasteiger charge is -2.14. The number of ether oxygens (including phenoxy) is 5. The molecule has 0 aromatic heterocycles. The summed E-state index contributed by atoms with van der Waals surface area (Å²) in [6.45, 7) is 2.09. The fourth-order valence-electron chi connectivity index (χ4n) is 2.58. The Balaban J connectivity index is 1.88. The van der Waals surface area contributed by atoms with Crippen molar-refractivity contribution in [2.45, 2.75) is 6.42 Å². The number of rotatable bonds is 16. The van der Waals surface area contributed by atoms with Crippen molar-refractivity contribution >= 4 is 0 Å². The van der Waals surface area contributed by atoms with E-state index in [0.29, 0.717) is 62.5 Å². The van der Waals surface area contributed by atoms with Gasteiger partial charge in [-0.2, -0.15) is 0 Å². The minimum Gasteiger partial charge on any atom is -0.491 e. The third-order valence-corrected chi connectivity index (χ3v) is 3.93. The van der Waals surface area contributed by atoms with E-state index in [2.05, 4.69) is 0 Å². The molecule has 8 nitrogen and oxygen atoms in total. The molecule has 2 aromatic rings. The van der Waals surface area contributed by atoms with Crippen LogP contribution in [0.3, 0.4) is 0 Å². The molecule has 0 radical (unpaired) electrons. The maximum atomic E-state index is 9.33. The number of benzene rings is 2. The largest absolute Gasteiger partial charge is 0.491 e. The fourth-order valence-corrected chi connectivity index (χ4v) is 2.58. The van der Waals surface area contributed by atoms with E-state index in [1.807, 2.05) is 6.07 Å². The van der Waals surface area contributed by atoms with Gasteiger partial charge in [-0.25, -0.2) is 0 Å². The van der Waals surface area contributed by atoms with Gasteiger partial charge in [0.1, 0.15) is 36.2 Å². The molecule has 0 saturated carbocycles. The SMILES string of the molecule is OCCOCCOc1ccc(Oc2ccc(OCCOCCO)c(CCO)c2)cc1. The third-order valence-electron chi connectivity index (χ3n) is 3.93. The Morgan fingerprint density at radius 3 is 1.80 bits per heavy atom. The molecule has 2 aromatic carbocycles. The molecule has 30 heavy (non-hydrogen) atoms. The predicted octanol–water partition coefficient (Wildman–Crippen LogP) is 1.79. The summed E-state index contributed by atoms with van der Waals surface area (Å²) in [6, 6.07) is 12.7. The van der Waals surface area contributed by atoms with E-state index in [-0.39, 0.29) is 26.4 Å². The summed E-state index contributed by atoms with van der Waals surface area (Å²) < 4.78 is 27.5. The molecule has 0 amide bonds. The quantitative estimate of drug-likeness (QED) is 0.352. The topological polar surface area (TPSA) is 107 Å². The summed E-state index contributed by atoms with van der Waals surface area (Å²) in [5.74, 6) is 2.65. The van der Waals surface area contributed by atoms with Crippen LogP contribution in [0.1, 0.15) is 5.56 Å². The van der Waals surface area contributed by atoms with Crippen LogP contribution in [0.2, 0.25) is 0 Å². The maximum absolute atomic E-state index is 9.33. The first-order valence-corrected chi connectivity index (χ1v) is 9.91. The van der Waals surface area contributed by atoms with Gasteiger partial charge in [-0.3, -0.25) is 0 Å². The van der Waals surface area contributed by atoms with Crippen LogP contribution in [0.5, 0.6) is 23.0 Å². The summed E-state index contributed by atoms with van der Waals surface area (Å²) in [4.78, 5) is 0. The molecule has 0 aliphatic rings. The summed E-state index contributed by atoms with van der Waals surface area (Å²) in [6.07, 6.45) is 0.440. The van der Waals surface area contributed by atoms with Crippen molar-refractivity contribution < 1.29 is 39.0 Å². The number of aliphatic hydroxyl groups excluding tert-OH is 3. The zero-order chi connectivity index (χ0) is 21.4. The van der Waals surface area contributed by atoms with Gasteiger partial charge in [0.05, 0.1) is 39.6 Å². The second-order valence-electron chi connectivity index (χ2n) is 6.19. The van der Waals surface area contributed by atoms with Gasteiger partial charge in [-0.05, 0) is 48.9 Å². The van der Waals surface area contributed by atoms with E-state index in [9.17, 15) is 5.11 Å². The molecule has 3 N–H and O–H groups in total. The van der Waals surface area contributed by atoms with Gasteiger partial charge < -0.3 is 39.0 Å². The Kier molecular flexibility index (Phi) is 11.6. The van der Waals surface area contributed by atoms with Crippen molar-refractivity contribution in [2.75, 3.05) is 59.5 Å². The van der Waals surface area contributed by atoms with Crippen LogP contribution >= 0.6 is 0 Å². The van der Waals surface area contributed by atoms with Crippen molar-refractivity contribution in [3.8, 4) is 23.0 Å². The van der Waals surface area contributed by atoms with Crippen molar-refractivity contribution in [3.05, 3.63) is 48.0 Å². The highest BCUT2D eigenvalue weighted by atomic mass is 16.5. The molecular weight excluding hydrogens is 392 g/mol. The Hall–Kier alpha value is -2.36. The Bertz CT molecular complexity index is 705. The molecule has 0 atom stereocenters. The first-order chi connectivity index (χ1) is 14.8. The summed E-state index contributed by atoms with van der Waals surface area (Å²) in [5, 5.41) is 26.7. The summed E-state index contributed by atoms with van der Waals surface area (Å²) in [5.41, 5.74) is 0.833. The fraction of sp³-hybridized carbons (Fsp3) is 0.455. The lowest BCUT2D eigenvalue weighted by molar-refractivity contribution is 0.0702. The van der Waals surface area contributed by atoms with Crippen LogP contribution in [0.15, 0.2) is 42.5 Å². The molecular formula is C22H30O8. The number of aliphatic hydroxyl groups is 3. The summed E-state index contributed by atoms with van der Waals surface area (Å²) >= 11 is 0. The molecule has 0 bridgehead atoms. The molecule has 0 spiro atoms. The number of hydrogen-bond donors (Lipinski definition) is 3. The molecule has 0 aliphatic heterocycles. The normalized spacial score (nSPS) is 10.8. The van der Waals surface area contributed by atoms with Crippen molar-refractivity contribution in [1.82, 2.24) is 0 Å². The lowest BCUT2D eigenvalue weighted by atomic mass is 10.1. The minimum atomic E-state index is -0.0199. The van der Waals surface area contributed by atoms with E-state index in [1.165, 1.54) is 0 Å². The average molecular weight is 422 g/mol. The van der Waals surface area contributed by atoms with Crippen LogP contribution in [0, 0.1) is 0 Å². The van der Waals surface area contributed by atoms with E-state index >= 15 is 0 Å². The van der Waals surface area contributed by atoms with Gasteiger partial charge >= 0.3 is 0 Å². The van der Waals surface area contributed by atoms with Gasteiger partial charge in [0.25, 0.3) is 0 Å². The van der Waals surface area contributed by atoms with Gasteiger partial charge in [-0.15, -0.1) is 0 Å². The molecule has 0 aliphatic carbocycles. The van der Waals surface area contributed by atoms with Gasteiger partial charge in [0.2, 0.25) is 0 Å². The molecule has 8 heteroatoms. The van der Waals surface area contributed by atoms with Crippen LogP contribution in [-0.4, -0.2) is 74.8 Å². The van der Waals surface area contributed by atoms with Crippen LogP contribution < -0.4 is 14.2 Å². The standard InChI is InChI=1S/C22H30O8/c23-8-7-18-17-21(5-6-22(18)29-16-14-27-12-10-25)30-20-3-1-19(2-4-20)28-15-13-26-11-9-24/h1-6,17,23-25H,7-16H2.